The van der Waals surface area contributed by atoms with Crippen molar-refractivity contribution < 1.29 is 4.79 Å². The van der Waals surface area contributed by atoms with E-state index in [0.29, 0.717) is 6.54 Å². The first-order valence-electron chi connectivity index (χ1n) is 11.1. The molecule has 0 saturated carbocycles. The van der Waals surface area contributed by atoms with Crippen molar-refractivity contribution in [2.24, 2.45) is 0 Å². The molecule has 1 amide bonds. The molecule has 2 aromatic rings. The van der Waals surface area contributed by atoms with Gasteiger partial charge in [-0.25, -0.2) is 0 Å². The Morgan fingerprint density at radius 1 is 0.862 bits per heavy atom. The van der Waals surface area contributed by atoms with Crippen LogP contribution >= 0.6 is 0 Å². The number of pyridine rings is 2. The normalized spacial score (nSPS) is 14.8. The number of likely N-dealkylation sites (tertiary alicyclic amines) is 1. The van der Waals surface area contributed by atoms with E-state index >= 15 is 0 Å². The maximum absolute atomic E-state index is 12.6. The Morgan fingerprint density at radius 3 is 1.90 bits per heavy atom. The minimum absolute atomic E-state index is 0.185. The zero-order chi connectivity index (χ0) is 20.2. The second kappa shape index (κ2) is 12.3. The van der Waals surface area contributed by atoms with Gasteiger partial charge in [0.05, 0.1) is 6.54 Å². The highest BCUT2D eigenvalue weighted by molar-refractivity contribution is 5.78. The topological polar surface area (TPSA) is 58.1 Å². The fourth-order valence-electron chi connectivity index (χ4n) is 4.09. The maximum atomic E-state index is 12.6. The molecule has 5 heteroatoms. The number of hydrogen-bond donors (Lipinski definition) is 1. The van der Waals surface area contributed by atoms with Crippen molar-refractivity contribution in [1.29, 1.82) is 0 Å². The molecule has 156 valence electrons. The predicted octanol–water partition coefficient (Wildman–Crippen LogP) is 3.79. The van der Waals surface area contributed by atoms with Crippen molar-refractivity contribution in [2.75, 3.05) is 19.6 Å². The number of nitrogens with zero attached hydrogens (tertiary/aromatic N) is 3. The molecule has 1 N–H and O–H groups in total. The van der Waals surface area contributed by atoms with Crippen molar-refractivity contribution in [3.63, 3.8) is 0 Å². The summed E-state index contributed by atoms with van der Waals surface area (Å²) in [6, 6.07) is 8.55. The van der Waals surface area contributed by atoms with Crippen LogP contribution in [0.5, 0.6) is 0 Å². The SMILES string of the molecule is O=C(CN1CCCCC1)NC(CCCc1ccncc1)CCCc1ccncc1. The fourth-order valence-corrected chi connectivity index (χ4v) is 4.09. The number of piperidine rings is 1. The van der Waals surface area contributed by atoms with Crippen LogP contribution < -0.4 is 5.32 Å². The van der Waals surface area contributed by atoms with Crippen LogP contribution in [0.2, 0.25) is 0 Å². The summed E-state index contributed by atoms with van der Waals surface area (Å²) >= 11 is 0. The van der Waals surface area contributed by atoms with Crippen LogP contribution in [-0.2, 0) is 17.6 Å². The number of carbonyl (C=O) groups excluding carboxylic acids is 1. The van der Waals surface area contributed by atoms with E-state index in [1.165, 1.54) is 30.4 Å². The standard InChI is InChI=1S/C24H34N4O/c29-24(20-28-18-2-1-3-19-28)27-23(8-4-6-21-10-14-25-15-11-21)9-5-7-22-12-16-26-17-13-22/h10-17,23H,1-9,18-20H2,(H,27,29). The maximum Gasteiger partial charge on any atom is 0.234 e. The first kappa shape index (κ1) is 21.4. The van der Waals surface area contributed by atoms with Gasteiger partial charge in [-0.05, 0) is 99.8 Å². The molecule has 1 aliphatic heterocycles. The van der Waals surface area contributed by atoms with Gasteiger partial charge in [0.1, 0.15) is 0 Å². The van der Waals surface area contributed by atoms with E-state index in [2.05, 4.69) is 44.5 Å². The quantitative estimate of drug-likeness (QED) is 0.630. The van der Waals surface area contributed by atoms with E-state index in [-0.39, 0.29) is 11.9 Å². The van der Waals surface area contributed by atoms with Crippen LogP contribution in [0, 0.1) is 0 Å². The zero-order valence-corrected chi connectivity index (χ0v) is 17.4. The van der Waals surface area contributed by atoms with Gasteiger partial charge in [-0.2, -0.15) is 0 Å². The van der Waals surface area contributed by atoms with Crippen molar-refractivity contribution >= 4 is 5.91 Å². The first-order valence-corrected chi connectivity index (χ1v) is 11.1. The summed E-state index contributed by atoms with van der Waals surface area (Å²) in [5.74, 6) is 0.185. The zero-order valence-electron chi connectivity index (χ0n) is 17.4. The number of rotatable bonds is 11. The van der Waals surface area contributed by atoms with Gasteiger partial charge in [-0.1, -0.05) is 6.42 Å². The Hall–Kier alpha value is -2.27. The van der Waals surface area contributed by atoms with Gasteiger partial charge in [-0.15, -0.1) is 0 Å². The average Bonchev–Trinajstić information content (AvgIpc) is 2.76. The average molecular weight is 395 g/mol. The van der Waals surface area contributed by atoms with Crippen LogP contribution in [0.15, 0.2) is 49.1 Å². The lowest BCUT2D eigenvalue weighted by Crippen LogP contribution is -2.43. The third-order valence-electron chi connectivity index (χ3n) is 5.72. The van der Waals surface area contributed by atoms with Gasteiger partial charge in [0.2, 0.25) is 5.91 Å². The van der Waals surface area contributed by atoms with Gasteiger partial charge in [-0.3, -0.25) is 19.7 Å². The molecule has 0 radical (unpaired) electrons. The molecule has 3 rings (SSSR count). The molecule has 0 atom stereocenters. The highest BCUT2D eigenvalue weighted by atomic mass is 16.2. The Morgan fingerprint density at radius 2 is 1.38 bits per heavy atom. The monoisotopic (exact) mass is 394 g/mol. The van der Waals surface area contributed by atoms with Crippen molar-refractivity contribution in [2.45, 2.75) is 63.8 Å². The van der Waals surface area contributed by atoms with Crippen LogP contribution in [0.1, 0.15) is 56.1 Å². The number of aryl methyl sites for hydroxylation is 2. The molecule has 0 unspecified atom stereocenters. The van der Waals surface area contributed by atoms with Crippen LogP contribution in [-0.4, -0.2) is 46.5 Å². The van der Waals surface area contributed by atoms with E-state index in [1.807, 2.05) is 24.8 Å². The molecule has 0 spiro atoms. The molecule has 0 bridgehead atoms. The number of amides is 1. The van der Waals surface area contributed by atoms with E-state index in [1.54, 1.807) is 0 Å². The minimum atomic E-state index is 0.185. The van der Waals surface area contributed by atoms with E-state index < -0.39 is 0 Å². The lowest BCUT2D eigenvalue weighted by molar-refractivity contribution is -0.123. The van der Waals surface area contributed by atoms with Crippen molar-refractivity contribution in [3.8, 4) is 0 Å². The van der Waals surface area contributed by atoms with E-state index in [0.717, 1.165) is 51.6 Å². The van der Waals surface area contributed by atoms with Crippen LogP contribution in [0.3, 0.4) is 0 Å². The Kier molecular flexibility index (Phi) is 9.11. The smallest absolute Gasteiger partial charge is 0.234 e. The summed E-state index contributed by atoms with van der Waals surface area (Å²) in [7, 11) is 0. The Balaban J connectivity index is 1.46. The van der Waals surface area contributed by atoms with Crippen LogP contribution in [0.4, 0.5) is 0 Å². The summed E-state index contributed by atoms with van der Waals surface area (Å²) in [5, 5.41) is 3.33. The first-order chi connectivity index (χ1) is 14.3. The molecule has 0 aliphatic carbocycles. The summed E-state index contributed by atoms with van der Waals surface area (Å²) in [5.41, 5.74) is 2.63. The van der Waals surface area contributed by atoms with E-state index in [9.17, 15) is 4.79 Å². The third kappa shape index (κ3) is 8.32. The molecule has 1 aliphatic rings. The highest BCUT2D eigenvalue weighted by Crippen LogP contribution is 2.13. The molecule has 29 heavy (non-hydrogen) atoms. The Bertz CT molecular complexity index is 656. The number of carbonyl (C=O) groups is 1. The van der Waals surface area contributed by atoms with Gasteiger partial charge in [0.25, 0.3) is 0 Å². The second-order valence-corrected chi connectivity index (χ2v) is 8.10. The van der Waals surface area contributed by atoms with Gasteiger partial charge >= 0.3 is 0 Å². The second-order valence-electron chi connectivity index (χ2n) is 8.10. The summed E-state index contributed by atoms with van der Waals surface area (Å²) in [6.45, 7) is 2.66. The highest BCUT2D eigenvalue weighted by Gasteiger charge is 2.17. The van der Waals surface area contributed by atoms with Gasteiger partial charge in [0.15, 0.2) is 0 Å². The third-order valence-corrected chi connectivity index (χ3v) is 5.72. The molecule has 5 nitrogen and oxygen atoms in total. The van der Waals surface area contributed by atoms with Crippen LogP contribution in [0.25, 0.3) is 0 Å². The lowest BCUT2D eigenvalue weighted by Gasteiger charge is -2.27. The number of aromatic nitrogens is 2. The molecule has 2 aromatic heterocycles. The Labute approximate surface area is 175 Å². The van der Waals surface area contributed by atoms with Crippen molar-refractivity contribution in [1.82, 2.24) is 20.2 Å². The molecular weight excluding hydrogens is 360 g/mol. The molecule has 3 heterocycles. The summed E-state index contributed by atoms with van der Waals surface area (Å²) in [6.07, 6.45) is 17.4. The number of nitrogens with one attached hydrogen (secondary N) is 1. The molecular formula is C24H34N4O. The van der Waals surface area contributed by atoms with Gasteiger partial charge < -0.3 is 5.32 Å². The van der Waals surface area contributed by atoms with Gasteiger partial charge in [0, 0.05) is 30.8 Å². The largest absolute Gasteiger partial charge is 0.352 e. The molecule has 1 saturated heterocycles. The van der Waals surface area contributed by atoms with E-state index in [4.69, 9.17) is 0 Å². The summed E-state index contributed by atoms with van der Waals surface area (Å²) in [4.78, 5) is 23.1. The van der Waals surface area contributed by atoms with Crippen molar-refractivity contribution in [3.05, 3.63) is 60.2 Å². The fraction of sp³-hybridized carbons (Fsp3) is 0.542. The summed E-state index contributed by atoms with van der Waals surface area (Å²) < 4.78 is 0. The predicted molar refractivity (Wildman–Crippen MR) is 117 cm³/mol. The molecule has 1 fully saturated rings. The minimum Gasteiger partial charge on any atom is -0.352 e. The number of hydrogen-bond acceptors (Lipinski definition) is 4. The lowest BCUT2D eigenvalue weighted by atomic mass is 9.99. The molecule has 0 aromatic carbocycles.